The Morgan fingerprint density at radius 3 is 2.50 bits per heavy atom. The van der Waals surface area contributed by atoms with Crippen molar-refractivity contribution in [2.45, 2.75) is 10.1 Å². The van der Waals surface area contributed by atoms with Gasteiger partial charge in [-0.2, -0.15) is 0 Å². The number of anilines is 1. The monoisotopic (exact) mass is 412 g/mol. The lowest BCUT2D eigenvalue weighted by atomic mass is 10.2. The van der Waals surface area contributed by atoms with E-state index in [0.29, 0.717) is 5.69 Å². The summed E-state index contributed by atoms with van der Waals surface area (Å²) >= 11 is 2.68. The Hall–Kier alpha value is -2.71. The minimum absolute atomic E-state index is 0.138. The van der Waals surface area contributed by atoms with Crippen LogP contribution in [0.1, 0.15) is 0 Å². The third-order valence-corrected chi connectivity index (χ3v) is 6.02. The highest BCUT2D eigenvalue weighted by Gasteiger charge is 2.12. The zero-order chi connectivity index (χ0) is 19.9. The van der Waals surface area contributed by atoms with Gasteiger partial charge in [0.15, 0.2) is 5.16 Å². The molecule has 0 radical (unpaired) electrons. The summed E-state index contributed by atoms with van der Waals surface area (Å²) in [5, 5.41) is 3.66. The molecule has 0 aliphatic heterocycles. The number of nitrogens with one attached hydrogen (secondary N) is 1. The average molecular weight is 413 g/mol. The summed E-state index contributed by atoms with van der Waals surface area (Å²) in [6.07, 6.45) is 1.81. The number of rotatable bonds is 8. The summed E-state index contributed by atoms with van der Waals surface area (Å²) in [5.74, 6) is -0.141. The van der Waals surface area contributed by atoms with E-state index >= 15 is 0 Å². The number of amides is 2. The number of hydrogen-bond donors (Lipinski definition) is 2. The van der Waals surface area contributed by atoms with Crippen molar-refractivity contribution in [2.75, 3.05) is 16.8 Å². The van der Waals surface area contributed by atoms with Crippen LogP contribution in [0, 0.1) is 0 Å². The van der Waals surface area contributed by atoms with Crippen LogP contribution in [0.2, 0.25) is 0 Å². The Morgan fingerprint density at radius 1 is 1.04 bits per heavy atom. The lowest BCUT2D eigenvalue weighted by molar-refractivity contribution is -0.115. The van der Waals surface area contributed by atoms with Crippen molar-refractivity contribution in [2.24, 2.45) is 12.8 Å². The summed E-state index contributed by atoms with van der Waals surface area (Å²) in [6.45, 7) is 0. The van der Waals surface area contributed by atoms with E-state index < -0.39 is 5.91 Å². The second-order valence-electron chi connectivity index (χ2n) is 5.94. The second kappa shape index (κ2) is 9.48. The lowest BCUT2D eigenvalue weighted by Gasteiger charge is -2.10. The molecule has 2 aromatic carbocycles. The molecular weight excluding hydrogens is 392 g/mol. The molecule has 0 fully saturated rings. The maximum absolute atomic E-state index is 12.4. The molecule has 0 aliphatic carbocycles. The summed E-state index contributed by atoms with van der Waals surface area (Å²) in [4.78, 5) is 28.6. The molecule has 6 nitrogen and oxygen atoms in total. The van der Waals surface area contributed by atoms with Crippen LogP contribution in [0.4, 0.5) is 5.69 Å². The number of nitrogens with zero attached hydrogens (tertiary/aromatic N) is 2. The van der Waals surface area contributed by atoms with Crippen LogP contribution in [-0.4, -0.2) is 32.9 Å². The fourth-order valence-corrected chi connectivity index (χ4v) is 4.06. The Bertz CT molecular complexity index is 973. The van der Waals surface area contributed by atoms with Crippen molar-refractivity contribution < 1.29 is 9.59 Å². The van der Waals surface area contributed by atoms with Crippen molar-refractivity contribution in [1.82, 2.24) is 9.55 Å². The number of benzene rings is 2. The number of carbonyl (C=O) groups is 2. The summed E-state index contributed by atoms with van der Waals surface area (Å²) < 4.78 is 1.98. The number of primary amides is 1. The fraction of sp³-hybridized carbons (Fsp3) is 0.150. The molecule has 28 heavy (non-hydrogen) atoms. The first kappa shape index (κ1) is 20.0. The molecule has 0 saturated heterocycles. The van der Waals surface area contributed by atoms with Gasteiger partial charge in [-0.15, -0.1) is 11.8 Å². The Balaban J connectivity index is 1.61. The van der Waals surface area contributed by atoms with Gasteiger partial charge in [-0.1, -0.05) is 54.2 Å². The predicted molar refractivity (Wildman–Crippen MR) is 114 cm³/mol. The van der Waals surface area contributed by atoms with Crippen molar-refractivity contribution in [3.8, 4) is 11.3 Å². The van der Waals surface area contributed by atoms with E-state index in [1.807, 2.05) is 66.3 Å². The van der Waals surface area contributed by atoms with E-state index in [-0.39, 0.29) is 17.4 Å². The van der Waals surface area contributed by atoms with Gasteiger partial charge in [0.25, 0.3) is 0 Å². The number of thioether (sulfide) groups is 2. The lowest BCUT2D eigenvalue weighted by Crippen LogP contribution is -2.16. The topological polar surface area (TPSA) is 90.0 Å². The number of aromatic nitrogens is 2. The van der Waals surface area contributed by atoms with Gasteiger partial charge in [0.05, 0.1) is 29.1 Å². The predicted octanol–water partition coefficient (Wildman–Crippen LogP) is 3.40. The van der Waals surface area contributed by atoms with Gasteiger partial charge in [-0.3, -0.25) is 9.59 Å². The van der Waals surface area contributed by atoms with Crippen molar-refractivity contribution in [1.29, 1.82) is 0 Å². The molecule has 2 amide bonds. The summed E-state index contributed by atoms with van der Waals surface area (Å²) in [5.41, 5.74) is 7.95. The van der Waals surface area contributed by atoms with E-state index in [1.54, 1.807) is 6.07 Å². The van der Waals surface area contributed by atoms with Gasteiger partial charge in [0.1, 0.15) is 0 Å². The first-order chi connectivity index (χ1) is 13.5. The van der Waals surface area contributed by atoms with Crippen LogP contribution in [-0.2, 0) is 16.6 Å². The van der Waals surface area contributed by atoms with E-state index in [0.717, 1.165) is 21.3 Å². The smallest absolute Gasteiger partial charge is 0.234 e. The maximum Gasteiger partial charge on any atom is 0.234 e. The molecule has 144 valence electrons. The molecule has 1 heterocycles. The van der Waals surface area contributed by atoms with Crippen LogP contribution in [0.15, 0.2) is 70.8 Å². The van der Waals surface area contributed by atoms with Gasteiger partial charge in [-0.05, 0) is 17.7 Å². The standard InChI is InChI=1S/C20H20N4O2S2/c1-24-16(14-7-3-2-4-8-14)11-22-20(24)28-13-19(26)23-15-9-5-6-10-17(15)27-12-18(21)25/h2-11H,12-13H2,1H3,(H2,21,25)(H,23,26). The largest absolute Gasteiger partial charge is 0.369 e. The van der Waals surface area contributed by atoms with Crippen LogP contribution < -0.4 is 11.1 Å². The number of carbonyl (C=O) groups excluding carboxylic acids is 2. The molecule has 0 saturated carbocycles. The number of hydrogen-bond acceptors (Lipinski definition) is 5. The summed E-state index contributed by atoms with van der Waals surface area (Å²) in [7, 11) is 1.94. The van der Waals surface area contributed by atoms with Gasteiger partial charge < -0.3 is 15.6 Å². The molecule has 3 N–H and O–H groups in total. The first-order valence-corrected chi connectivity index (χ1v) is 10.5. The third-order valence-electron chi connectivity index (χ3n) is 3.88. The Morgan fingerprint density at radius 2 is 1.75 bits per heavy atom. The fourth-order valence-electron chi connectivity index (χ4n) is 2.56. The molecule has 3 aromatic rings. The zero-order valence-corrected chi connectivity index (χ0v) is 16.9. The average Bonchev–Trinajstić information content (AvgIpc) is 3.07. The zero-order valence-electron chi connectivity index (χ0n) is 15.3. The van der Waals surface area contributed by atoms with Gasteiger partial charge in [-0.25, -0.2) is 4.98 Å². The molecule has 1 aromatic heterocycles. The van der Waals surface area contributed by atoms with Crippen LogP contribution in [0.25, 0.3) is 11.3 Å². The Labute approximate surface area is 171 Å². The number of para-hydroxylation sites is 1. The normalized spacial score (nSPS) is 10.6. The van der Waals surface area contributed by atoms with Gasteiger partial charge >= 0.3 is 0 Å². The van der Waals surface area contributed by atoms with Gasteiger partial charge in [0.2, 0.25) is 11.8 Å². The molecule has 0 unspecified atom stereocenters. The van der Waals surface area contributed by atoms with E-state index in [9.17, 15) is 9.59 Å². The highest BCUT2D eigenvalue weighted by Crippen LogP contribution is 2.28. The minimum Gasteiger partial charge on any atom is -0.369 e. The summed E-state index contributed by atoms with van der Waals surface area (Å²) in [6, 6.07) is 17.3. The minimum atomic E-state index is -0.398. The SMILES string of the molecule is Cn1c(-c2ccccc2)cnc1SCC(=O)Nc1ccccc1SCC(N)=O. The molecule has 0 bridgehead atoms. The molecule has 0 atom stereocenters. The third kappa shape index (κ3) is 5.17. The molecule has 0 spiro atoms. The molecular formula is C20H20N4O2S2. The van der Waals surface area contributed by atoms with E-state index in [1.165, 1.54) is 23.5 Å². The molecule has 3 rings (SSSR count). The van der Waals surface area contributed by atoms with E-state index in [2.05, 4.69) is 10.3 Å². The van der Waals surface area contributed by atoms with Crippen LogP contribution >= 0.6 is 23.5 Å². The van der Waals surface area contributed by atoms with Crippen molar-refractivity contribution in [3.05, 3.63) is 60.8 Å². The first-order valence-electron chi connectivity index (χ1n) is 8.54. The van der Waals surface area contributed by atoms with Crippen LogP contribution in [0.5, 0.6) is 0 Å². The quantitative estimate of drug-likeness (QED) is 0.554. The van der Waals surface area contributed by atoms with Crippen molar-refractivity contribution in [3.63, 3.8) is 0 Å². The molecule has 8 heteroatoms. The number of nitrogens with two attached hydrogens (primary N) is 1. The molecule has 0 aliphatic rings. The van der Waals surface area contributed by atoms with Crippen LogP contribution in [0.3, 0.4) is 0 Å². The Kier molecular flexibility index (Phi) is 6.78. The number of imidazole rings is 1. The highest BCUT2D eigenvalue weighted by molar-refractivity contribution is 8.00. The van der Waals surface area contributed by atoms with Crippen molar-refractivity contribution >= 4 is 41.0 Å². The second-order valence-corrected chi connectivity index (χ2v) is 7.90. The van der Waals surface area contributed by atoms with Gasteiger partial charge in [0, 0.05) is 11.9 Å². The maximum atomic E-state index is 12.4. The highest BCUT2D eigenvalue weighted by atomic mass is 32.2. The van der Waals surface area contributed by atoms with E-state index in [4.69, 9.17) is 5.73 Å².